The molecule has 0 atom stereocenters. The Balaban J connectivity index is 2.06. The first kappa shape index (κ1) is 15.3. The van der Waals surface area contributed by atoms with Gasteiger partial charge in [0.2, 0.25) is 0 Å². The lowest BCUT2D eigenvalue weighted by Crippen LogP contribution is -2.25. The lowest BCUT2D eigenvalue weighted by Gasteiger charge is -2.14. The maximum Gasteiger partial charge on any atom is 0.349 e. The van der Waals surface area contributed by atoms with Crippen LogP contribution in [0.4, 0.5) is 0 Å². The van der Waals surface area contributed by atoms with Crippen molar-refractivity contribution in [2.45, 2.75) is 33.4 Å². The van der Waals surface area contributed by atoms with E-state index < -0.39 is 11.6 Å². The molecule has 0 aliphatic rings. The van der Waals surface area contributed by atoms with Gasteiger partial charge in [-0.25, -0.2) is 14.8 Å². The molecule has 0 aliphatic carbocycles. The molecule has 120 valence electrons. The minimum atomic E-state index is -0.555. The van der Waals surface area contributed by atoms with Crippen molar-refractivity contribution < 1.29 is 5.11 Å². The first-order chi connectivity index (χ1) is 11.1. The molecular formula is C17H19N4O2-. The van der Waals surface area contributed by atoms with E-state index >= 15 is 0 Å². The summed E-state index contributed by atoms with van der Waals surface area (Å²) < 4.78 is 3.25. The average molecular weight is 311 g/mol. The standard InChI is InChI=1S/C17H20N4O2/c1-12(2)8-9-20-11-18-15-14(20)16(22)19-17(23)21(15)10-13-6-4-3-5-7-13/h3-7,11-12H,8-10H2,1-2H3,(H,19,22,23)/p-1. The highest BCUT2D eigenvalue weighted by Gasteiger charge is 2.12. The van der Waals surface area contributed by atoms with Crippen LogP contribution in [0.5, 0.6) is 5.88 Å². The Morgan fingerprint density at radius 1 is 1.22 bits per heavy atom. The van der Waals surface area contributed by atoms with E-state index in [1.54, 1.807) is 10.9 Å². The van der Waals surface area contributed by atoms with Crippen LogP contribution in [0.2, 0.25) is 0 Å². The zero-order valence-corrected chi connectivity index (χ0v) is 13.3. The molecule has 2 heterocycles. The van der Waals surface area contributed by atoms with Gasteiger partial charge in [-0.3, -0.25) is 4.57 Å². The summed E-state index contributed by atoms with van der Waals surface area (Å²) in [6.45, 7) is 5.29. The molecule has 0 aliphatic heterocycles. The summed E-state index contributed by atoms with van der Waals surface area (Å²) in [6, 6.07) is 9.60. The van der Waals surface area contributed by atoms with Gasteiger partial charge in [0.15, 0.2) is 5.65 Å². The predicted molar refractivity (Wildman–Crippen MR) is 86.2 cm³/mol. The first-order valence-electron chi connectivity index (χ1n) is 7.73. The molecule has 2 aromatic heterocycles. The van der Waals surface area contributed by atoms with E-state index in [1.165, 1.54) is 4.57 Å². The monoisotopic (exact) mass is 311 g/mol. The van der Waals surface area contributed by atoms with Crippen molar-refractivity contribution in [3.8, 4) is 5.88 Å². The molecule has 1 aromatic carbocycles. The number of imidazole rings is 1. The van der Waals surface area contributed by atoms with Gasteiger partial charge in [-0.05, 0) is 17.9 Å². The third kappa shape index (κ3) is 3.11. The number of hydrogen-bond acceptors (Lipinski definition) is 4. The molecule has 6 nitrogen and oxygen atoms in total. The van der Waals surface area contributed by atoms with E-state index in [0.29, 0.717) is 30.2 Å². The maximum absolute atomic E-state index is 12.1. The van der Waals surface area contributed by atoms with Gasteiger partial charge in [0.05, 0.1) is 18.4 Å². The second-order valence-corrected chi connectivity index (χ2v) is 6.06. The summed E-state index contributed by atoms with van der Waals surface area (Å²) in [5.74, 6) is 0.0151. The van der Waals surface area contributed by atoms with Gasteiger partial charge in [0, 0.05) is 12.4 Å². The predicted octanol–water partition coefficient (Wildman–Crippen LogP) is 1.76. The third-order valence-electron chi connectivity index (χ3n) is 3.84. The van der Waals surface area contributed by atoms with Gasteiger partial charge in [0.25, 0.3) is 0 Å². The molecule has 0 N–H and O–H groups in total. The maximum atomic E-state index is 12.1. The number of hydrogen-bond donors (Lipinski definition) is 0. The molecule has 0 radical (unpaired) electrons. The minimum absolute atomic E-state index is 0.352. The lowest BCUT2D eigenvalue weighted by molar-refractivity contribution is -0.273. The zero-order valence-electron chi connectivity index (χ0n) is 13.3. The van der Waals surface area contributed by atoms with Crippen LogP contribution in [-0.4, -0.2) is 19.1 Å². The minimum Gasteiger partial charge on any atom is -0.857 e. The molecule has 0 saturated heterocycles. The lowest BCUT2D eigenvalue weighted by atomic mass is 10.1. The van der Waals surface area contributed by atoms with Crippen LogP contribution in [0, 0.1) is 5.92 Å². The quantitative estimate of drug-likeness (QED) is 0.719. The Hall–Kier alpha value is -2.63. The van der Waals surface area contributed by atoms with E-state index in [9.17, 15) is 9.90 Å². The van der Waals surface area contributed by atoms with E-state index in [1.807, 2.05) is 30.3 Å². The van der Waals surface area contributed by atoms with E-state index in [2.05, 4.69) is 23.8 Å². The average Bonchev–Trinajstić information content (AvgIpc) is 2.95. The molecule has 0 unspecified atom stereocenters. The largest absolute Gasteiger partial charge is 0.857 e. The molecule has 3 rings (SSSR count). The Kier molecular flexibility index (Phi) is 4.14. The van der Waals surface area contributed by atoms with Crippen LogP contribution in [0.25, 0.3) is 11.2 Å². The third-order valence-corrected chi connectivity index (χ3v) is 3.84. The Bertz CT molecular complexity index is 865. The first-order valence-corrected chi connectivity index (χ1v) is 7.73. The highest BCUT2D eigenvalue weighted by Crippen LogP contribution is 2.19. The summed E-state index contributed by atoms with van der Waals surface area (Å²) in [5, 5.41) is 12.1. The van der Waals surface area contributed by atoms with Crippen molar-refractivity contribution in [1.29, 1.82) is 0 Å². The summed E-state index contributed by atoms with van der Waals surface area (Å²) in [5.41, 5.74) is 1.22. The summed E-state index contributed by atoms with van der Waals surface area (Å²) in [4.78, 5) is 20.1. The molecule has 0 saturated carbocycles. The summed E-state index contributed by atoms with van der Waals surface area (Å²) in [7, 11) is 0. The van der Waals surface area contributed by atoms with Crippen LogP contribution in [0.3, 0.4) is 0 Å². The molecule has 6 heteroatoms. The normalized spacial score (nSPS) is 11.4. The molecule has 23 heavy (non-hydrogen) atoms. The van der Waals surface area contributed by atoms with Gasteiger partial charge >= 0.3 is 5.69 Å². The zero-order chi connectivity index (χ0) is 16.4. The van der Waals surface area contributed by atoms with Crippen molar-refractivity contribution in [2.24, 2.45) is 5.92 Å². The van der Waals surface area contributed by atoms with Crippen molar-refractivity contribution in [3.05, 3.63) is 52.7 Å². The smallest absolute Gasteiger partial charge is 0.349 e. The van der Waals surface area contributed by atoms with Crippen LogP contribution in [-0.2, 0) is 13.1 Å². The van der Waals surface area contributed by atoms with Crippen molar-refractivity contribution >= 4 is 11.2 Å². The molecule has 3 aromatic rings. The van der Waals surface area contributed by atoms with Crippen molar-refractivity contribution in [2.75, 3.05) is 0 Å². The number of rotatable bonds is 5. The van der Waals surface area contributed by atoms with Crippen LogP contribution in [0.1, 0.15) is 25.8 Å². The fraction of sp³-hybridized carbons (Fsp3) is 0.353. The molecule has 0 amide bonds. The Morgan fingerprint density at radius 3 is 2.65 bits per heavy atom. The van der Waals surface area contributed by atoms with Gasteiger partial charge in [-0.2, -0.15) is 0 Å². The fourth-order valence-corrected chi connectivity index (χ4v) is 2.55. The number of fused-ring (bicyclic) bond motifs is 1. The Labute approximate surface area is 134 Å². The SMILES string of the molecule is CC(C)CCn1cnc2c1c([O-])nc(=O)n2Cc1ccccc1. The van der Waals surface area contributed by atoms with E-state index in [0.717, 1.165) is 12.0 Å². The highest BCUT2D eigenvalue weighted by atomic mass is 16.3. The number of nitrogens with zero attached hydrogens (tertiary/aromatic N) is 4. The van der Waals surface area contributed by atoms with Gasteiger partial charge in [0.1, 0.15) is 0 Å². The summed E-state index contributed by atoms with van der Waals surface area (Å²) >= 11 is 0. The van der Waals surface area contributed by atoms with Crippen LogP contribution in [0.15, 0.2) is 41.5 Å². The molecule has 0 bridgehead atoms. The molecular weight excluding hydrogens is 292 g/mol. The summed E-state index contributed by atoms with van der Waals surface area (Å²) in [6.07, 6.45) is 2.56. The molecule has 0 spiro atoms. The van der Waals surface area contributed by atoms with Crippen molar-refractivity contribution in [3.63, 3.8) is 0 Å². The number of aryl methyl sites for hydroxylation is 1. The van der Waals surface area contributed by atoms with E-state index in [-0.39, 0.29) is 0 Å². The fourth-order valence-electron chi connectivity index (χ4n) is 2.55. The number of aromatic nitrogens is 4. The van der Waals surface area contributed by atoms with E-state index in [4.69, 9.17) is 0 Å². The van der Waals surface area contributed by atoms with Crippen LogP contribution < -0.4 is 10.8 Å². The van der Waals surface area contributed by atoms with Gasteiger partial charge < -0.3 is 9.67 Å². The number of benzene rings is 1. The van der Waals surface area contributed by atoms with Gasteiger partial charge in [-0.1, -0.05) is 44.2 Å². The second kappa shape index (κ2) is 6.24. The van der Waals surface area contributed by atoms with Gasteiger partial charge in [-0.15, -0.1) is 0 Å². The molecule has 0 fully saturated rings. The van der Waals surface area contributed by atoms with Crippen molar-refractivity contribution in [1.82, 2.24) is 19.1 Å². The topological polar surface area (TPSA) is 75.8 Å². The van der Waals surface area contributed by atoms with Crippen LogP contribution >= 0.6 is 0 Å². The Morgan fingerprint density at radius 2 is 1.96 bits per heavy atom. The second-order valence-electron chi connectivity index (χ2n) is 6.06. The highest BCUT2D eigenvalue weighted by molar-refractivity contribution is 5.76.